The van der Waals surface area contributed by atoms with E-state index in [1.165, 1.54) is 17.3 Å². The second kappa shape index (κ2) is 9.68. The van der Waals surface area contributed by atoms with E-state index < -0.39 is 0 Å². The monoisotopic (exact) mass is 440 g/mol. The molecule has 0 saturated carbocycles. The molecule has 30 heavy (non-hydrogen) atoms. The molecule has 0 unspecified atom stereocenters. The molecule has 0 N–H and O–H groups in total. The van der Waals surface area contributed by atoms with Gasteiger partial charge in [-0.1, -0.05) is 47.7 Å². The van der Waals surface area contributed by atoms with Crippen LogP contribution < -0.4 is 4.90 Å². The van der Waals surface area contributed by atoms with E-state index in [0.29, 0.717) is 18.9 Å². The van der Waals surface area contributed by atoms with E-state index in [-0.39, 0.29) is 5.91 Å². The van der Waals surface area contributed by atoms with Crippen LogP contribution in [0, 0.1) is 6.92 Å². The van der Waals surface area contributed by atoms with Crippen LogP contribution >= 0.6 is 23.5 Å². The van der Waals surface area contributed by atoms with Gasteiger partial charge in [-0.25, -0.2) is 0 Å². The van der Waals surface area contributed by atoms with Gasteiger partial charge in [0.05, 0.1) is 24.6 Å². The number of rotatable bonds is 7. The zero-order valence-corrected chi connectivity index (χ0v) is 18.7. The second-order valence-corrected chi connectivity index (χ2v) is 9.05. The van der Waals surface area contributed by atoms with Crippen LogP contribution in [0.4, 0.5) is 5.69 Å². The molecular weight excluding hydrogens is 416 g/mol. The highest BCUT2D eigenvalue weighted by molar-refractivity contribution is 8.00. The summed E-state index contributed by atoms with van der Waals surface area (Å²) in [4.78, 5) is 16.0. The van der Waals surface area contributed by atoms with Gasteiger partial charge in [0.15, 0.2) is 11.0 Å². The molecule has 1 aromatic heterocycles. The van der Waals surface area contributed by atoms with E-state index in [9.17, 15) is 4.79 Å². The Hall–Kier alpha value is -2.29. The minimum Gasteiger partial charge on any atom is -0.383 e. The van der Waals surface area contributed by atoms with Gasteiger partial charge in [0.25, 0.3) is 0 Å². The van der Waals surface area contributed by atoms with Crippen molar-refractivity contribution in [1.29, 1.82) is 0 Å². The topological polar surface area (TPSA) is 60.2 Å². The van der Waals surface area contributed by atoms with Crippen molar-refractivity contribution in [1.82, 2.24) is 14.8 Å². The molecule has 156 valence electrons. The average Bonchev–Trinajstić information content (AvgIpc) is 3.18. The maximum absolute atomic E-state index is 13.0. The molecule has 8 heteroatoms. The van der Waals surface area contributed by atoms with Crippen LogP contribution in [0.2, 0.25) is 0 Å². The predicted octanol–water partition coefficient (Wildman–Crippen LogP) is 4.13. The SMILES string of the molecule is COCCn1c(SCC(=O)N2CCSc3ccccc32)nnc1-c1cccc(C)c1. The molecular formula is C22H24N4O2S2. The Bertz CT molecular complexity index is 1040. The quantitative estimate of drug-likeness (QED) is 0.515. The third-order valence-electron chi connectivity index (χ3n) is 4.87. The fourth-order valence-corrected chi connectivity index (χ4v) is 5.25. The van der Waals surface area contributed by atoms with Crippen molar-refractivity contribution in [3.8, 4) is 11.4 Å². The van der Waals surface area contributed by atoms with E-state index in [4.69, 9.17) is 4.74 Å². The number of amides is 1. The Morgan fingerprint density at radius 1 is 1.20 bits per heavy atom. The standard InChI is InChI=1S/C22H24N4O2S2/c1-16-6-5-7-17(14-16)21-23-24-22(26(21)10-12-28-2)30-15-20(27)25-11-13-29-19-9-4-3-8-18(19)25/h3-9,14H,10-13,15H2,1-2H3. The highest BCUT2D eigenvalue weighted by atomic mass is 32.2. The zero-order chi connectivity index (χ0) is 20.9. The van der Waals surface area contributed by atoms with Crippen molar-refractivity contribution in [2.24, 2.45) is 0 Å². The average molecular weight is 441 g/mol. The summed E-state index contributed by atoms with van der Waals surface area (Å²) in [6.45, 7) is 3.97. The molecule has 0 bridgehead atoms. The molecule has 0 atom stereocenters. The largest absolute Gasteiger partial charge is 0.383 e. The van der Waals surface area contributed by atoms with Gasteiger partial charge < -0.3 is 9.64 Å². The molecule has 2 heterocycles. The third-order valence-corrected chi connectivity index (χ3v) is 6.86. The lowest BCUT2D eigenvalue weighted by Crippen LogP contribution is -2.36. The van der Waals surface area contributed by atoms with Gasteiger partial charge in [-0.15, -0.1) is 22.0 Å². The van der Waals surface area contributed by atoms with Crippen molar-refractivity contribution in [2.75, 3.05) is 36.7 Å². The molecule has 6 nitrogen and oxygen atoms in total. The number of nitrogens with zero attached hydrogens (tertiary/aromatic N) is 4. The first kappa shape index (κ1) is 21.0. The highest BCUT2D eigenvalue weighted by Crippen LogP contribution is 2.35. The fraction of sp³-hybridized carbons (Fsp3) is 0.318. The van der Waals surface area contributed by atoms with Crippen LogP contribution in [-0.2, 0) is 16.1 Å². The maximum Gasteiger partial charge on any atom is 0.237 e. The van der Waals surface area contributed by atoms with Crippen molar-refractivity contribution < 1.29 is 9.53 Å². The minimum atomic E-state index is 0.0890. The van der Waals surface area contributed by atoms with Gasteiger partial charge in [0, 0.05) is 29.9 Å². The Labute approximate surface area is 185 Å². The summed E-state index contributed by atoms with van der Waals surface area (Å²) < 4.78 is 7.32. The summed E-state index contributed by atoms with van der Waals surface area (Å²) in [7, 11) is 1.68. The van der Waals surface area contributed by atoms with Crippen molar-refractivity contribution in [3.63, 3.8) is 0 Å². The molecule has 0 radical (unpaired) electrons. The van der Waals surface area contributed by atoms with E-state index in [0.717, 1.165) is 39.4 Å². The molecule has 0 aliphatic carbocycles. The minimum absolute atomic E-state index is 0.0890. The van der Waals surface area contributed by atoms with Crippen molar-refractivity contribution in [3.05, 3.63) is 54.1 Å². The Morgan fingerprint density at radius 3 is 2.90 bits per heavy atom. The van der Waals surface area contributed by atoms with Gasteiger partial charge in [0.2, 0.25) is 5.91 Å². The maximum atomic E-state index is 13.0. The lowest BCUT2D eigenvalue weighted by Gasteiger charge is -2.28. The molecule has 4 rings (SSSR count). The van der Waals surface area contributed by atoms with Crippen LogP contribution in [0.5, 0.6) is 0 Å². The lowest BCUT2D eigenvalue weighted by atomic mass is 10.1. The number of anilines is 1. The summed E-state index contributed by atoms with van der Waals surface area (Å²) in [6, 6.07) is 16.3. The third kappa shape index (κ3) is 4.55. The number of para-hydroxylation sites is 1. The van der Waals surface area contributed by atoms with Crippen LogP contribution in [0.25, 0.3) is 11.4 Å². The number of methoxy groups -OCH3 is 1. The molecule has 0 fully saturated rings. The first-order chi connectivity index (χ1) is 14.7. The first-order valence-electron chi connectivity index (χ1n) is 9.81. The number of benzene rings is 2. The Kier molecular flexibility index (Phi) is 6.76. The van der Waals surface area contributed by atoms with Gasteiger partial charge in [0.1, 0.15) is 0 Å². The smallest absolute Gasteiger partial charge is 0.237 e. The number of hydrogen-bond donors (Lipinski definition) is 0. The van der Waals surface area contributed by atoms with Gasteiger partial charge in [-0.3, -0.25) is 9.36 Å². The molecule has 1 amide bonds. The molecule has 1 aliphatic heterocycles. The van der Waals surface area contributed by atoms with E-state index in [1.54, 1.807) is 18.9 Å². The number of carbonyl (C=O) groups is 1. The number of fused-ring (bicyclic) bond motifs is 1. The number of thioether (sulfide) groups is 2. The summed E-state index contributed by atoms with van der Waals surface area (Å²) in [6.07, 6.45) is 0. The normalized spacial score (nSPS) is 13.3. The van der Waals surface area contributed by atoms with Crippen molar-refractivity contribution in [2.45, 2.75) is 23.5 Å². The fourth-order valence-electron chi connectivity index (χ4n) is 3.41. The molecule has 1 aliphatic rings. The van der Waals surface area contributed by atoms with Crippen LogP contribution in [0.3, 0.4) is 0 Å². The highest BCUT2D eigenvalue weighted by Gasteiger charge is 2.24. The molecule has 0 spiro atoms. The number of carbonyl (C=O) groups excluding carboxylic acids is 1. The van der Waals surface area contributed by atoms with E-state index in [2.05, 4.69) is 35.3 Å². The Balaban J connectivity index is 1.53. The Morgan fingerprint density at radius 2 is 2.07 bits per heavy atom. The molecule has 2 aromatic carbocycles. The number of ether oxygens (including phenoxy) is 1. The number of aryl methyl sites for hydroxylation is 1. The summed E-state index contributed by atoms with van der Waals surface area (Å²) in [5.74, 6) is 2.11. The van der Waals surface area contributed by atoms with Gasteiger partial charge in [-0.05, 0) is 25.1 Å². The van der Waals surface area contributed by atoms with E-state index >= 15 is 0 Å². The van der Waals surface area contributed by atoms with Crippen molar-refractivity contribution >= 4 is 35.1 Å². The second-order valence-electron chi connectivity index (χ2n) is 6.97. The van der Waals surface area contributed by atoms with E-state index in [1.807, 2.05) is 39.8 Å². The van der Waals surface area contributed by atoms with Gasteiger partial charge in [-0.2, -0.15) is 0 Å². The van der Waals surface area contributed by atoms with Crippen LogP contribution in [0.15, 0.2) is 58.6 Å². The number of hydrogen-bond acceptors (Lipinski definition) is 6. The summed E-state index contributed by atoms with van der Waals surface area (Å²) in [5.41, 5.74) is 3.18. The summed E-state index contributed by atoms with van der Waals surface area (Å²) in [5, 5.41) is 9.53. The first-order valence-corrected chi connectivity index (χ1v) is 11.8. The predicted molar refractivity (Wildman–Crippen MR) is 122 cm³/mol. The van der Waals surface area contributed by atoms with Crippen LogP contribution in [0.1, 0.15) is 5.56 Å². The van der Waals surface area contributed by atoms with Crippen LogP contribution in [-0.4, -0.2) is 52.4 Å². The summed E-state index contributed by atoms with van der Waals surface area (Å²) >= 11 is 3.23. The molecule has 3 aromatic rings. The lowest BCUT2D eigenvalue weighted by molar-refractivity contribution is -0.116. The molecule has 0 saturated heterocycles. The number of aromatic nitrogens is 3. The van der Waals surface area contributed by atoms with Gasteiger partial charge >= 0.3 is 0 Å². The zero-order valence-electron chi connectivity index (χ0n) is 17.1.